The standard InChI is InChI=1S/C12H17N3O2S/c1-7-4-8(6-17-7)11(16)15-12-14-9-2-3-13-5-10(9)18-12/h7-8,13H,2-6H2,1H3,(H,14,15,16). The summed E-state index contributed by atoms with van der Waals surface area (Å²) in [6.45, 7) is 4.37. The topological polar surface area (TPSA) is 63.2 Å². The highest BCUT2D eigenvalue weighted by Gasteiger charge is 2.29. The van der Waals surface area contributed by atoms with Gasteiger partial charge in [0, 0.05) is 24.4 Å². The molecule has 0 saturated carbocycles. The van der Waals surface area contributed by atoms with Crippen molar-refractivity contribution in [2.24, 2.45) is 5.92 Å². The van der Waals surface area contributed by atoms with Crippen molar-refractivity contribution in [2.75, 3.05) is 18.5 Å². The van der Waals surface area contributed by atoms with Crippen molar-refractivity contribution >= 4 is 22.4 Å². The largest absolute Gasteiger partial charge is 0.378 e. The number of thiazole rings is 1. The van der Waals surface area contributed by atoms with Crippen molar-refractivity contribution in [2.45, 2.75) is 32.4 Å². The van der Waals surface area contributed by atoms with Gasteiger partial charge in [-0.25, -0.2) is 4.98 Å². The SMILES string of the molecule is CC1CC(C(=O)Nc2nc3c(s2)CNCC3)CO1. The van der Waals surface area contributed by atoms with Crippen LogP contribution in [0.15, 0.2) is 0 Å². The Bertz CT molecular complexity index is 437. The third-order valence-corrected chi connectivity index (χ3v) is 4.41. The highest BCUT2D eigenvalue weighted by molar-refractivity contribution is 7.15. The molecule has 1 aromatic heterocycles. The number of carbonyl (C=O) groups excluding carboxylic acids is 1. The van der Waals surface area contributed by atoms with Gasteiger partial charge in [-0.3, -0.25) is 4.79 Å². The molecule has 1 saturated heterocycles. The number of fused-ring (bicyclic) bond motifs is 1. The summed E-state index contributed by atoms with van der Waals surface area (Å²) in [6, 6.07) is 0. The molecule has 18 heavy (non-hydrogen) atoms. The molecule has 1 fully saturated rings. The van der Waals surface area contributed by atoms with Crippen molar-refractivity contribution in [3.8, 4) is 0 Å². The predicted molar refractivity (Wildman–Crippen MR) is 69.7 cm³/mol. The van der Waals surface area contributed by atoms with Crippen LogP contribution in [0, 0.1) is 5.92 Å². The van der Waals surface area contributed by atoms with Crippen LogP contribution in [0.25, 0.3) is 0 Å². The molecule has 0 aromatic carbocycles. The van der Waals surface area contributed by atoms with Crippen molar-refractivity contribution in [1.29, 1.82) is 0 Å². The fourth-order valence-corrected chi connectivity index (χ4v) is 3.37. The summed E-state index contributed by atoms with van der Waals surface area (Å²) in [4.78, 5) is 17.8. The van der Waals surface area contributed by atoms with Gasteiger partial charge in [-0.05, 0) is 13.3 Å². The lowest BCUT2D eigenvalue weighted by Crippen LogP contribution is -2.23. The first-order chi connectivity index (χ1) is 8.72. The summed E-state index contributed by atoms with van der Waals surface area (Å²) >= 11 is 1.58. The molecule has 2 unspecified atom stereocenters. The number of ether oxygens (including phenoxy) is 1. The number of hydrogen-bond acceptors (Lipinski definition) is 5. The Morgan fingerprint density at radius 3 is 3.22 bits per heavy atom. The van der Waals surface area contributed by atoms with E-state index in [4.69, 9.17) is 4.74 Å². The van der Waals surface area contributed by atoms with Crippen LogP contribution in [-0.2, 0) is 22.5 Å². The summed E-state index contributed by atoms with van der Waals surface area (Å²) < 4.78 is 5.42. The zero-order valence-electron chi connectivity index (χ0n) is 10.4. The maximum absolute atomic E-state index is 12.0. The fraction of sp³-hybridized carbons (Fsp3) is 0.667. The fourth-order valence-electron chi connectivity index (χ4n) is 2.39. The van der Waals surface area contributed by atoms with E-state index in [0.29, 0.717) is 6.61 Å². The number of rotatable bonds is 2. The number of hydrogen-bond donors (Lipinski definition) is 2. The maximum atomic E-state index is 12.0. The number of carbonyl (C=O) groups is 1. The normalized spacial score (nSPS) is 26.9. The molecule has 3 heterocycles. The highest BCUT2D eigenvalue weighted by Crippen LogP contribution is 2.27. The van der Waals surface area contributed by atoms with E-state index in [1.807, 2.05) is 6.92 Å². The van der Waals surface area contributed by atoms with Gasteiger partial charge in [0.1, 0.15) is 0 Å². The minimum Gasteiger partial charge on any atom is -0.378 e. The minimum atomic E-state index is -0.0287. The molecule has 2 N–H and O–H groups in total. The molecule has 0 spiro atoms. The first kappa shape index (κ1) is 12.1. The molecule has 0 bridgehead atoms. The molecule has 5 nitrogen and oxygen atoms in total. The Morgan fingerprint density at radius 2 is 2.50 bits per heavy atom. The predicted octanol–water partition coefficient (Wildman–Crippen LogP) is 1.15. The summed E-state index contributed by atoms with van der Waals surface area (Å²) in [5.74, 6) is 0.0115. The highest BCUT2D eigenvalue weighted by atomic mass is 32.1. The lowest BCUT2D eigenvalue weighted by Gasteiger charge is -2.09. The van der Waals surface area contributed by atoms with Gasteiger partial charge >= 0.3 is 0 Å². The molecule has 2 atom stereocenters. The van der Waals surface area contributed by atoms with E-state index in [-0.39, 0.29) is 17.9 Å². The molecule has 6 heteroatoms. The van der Waals surface area contributed by atoms with Gasteiger partial charge in [0.25, 0.3) is 0 Å². The Morgan fingerprint density at radius 1 is 1.61 bits per heavy atom. The van der Waals surface area contributed by atoms with Crippen LogP contribution in [0.1, 0.15) is 23.9 Å². The van der Waals surface area contributed by atoms with Crippen LogP contribution in [-0.4, -0.2) is 30.1 Å². The minimum absolute atomic E-state index is 0.0287. The second-order valence-corrected chi connectivity index (χ2v) is 5.97. The average Bonchev–Trinajstić information content (AvgIpc) is 2.94. The smallest absolute Gasteiger partial charge is 0.231 e. The van der Waals surface area contributed by atoms with Crippen molar-refractivity contribution < 1.29 is 9.53 Å². The van der Waals surface area contributed by atoms with Gasteiger partial charge in [0.05, 0.1) is 24.3 Å². The monoisotopic (exact) mass is 267 g/mol. The van der Waals surface area contributed by atoms with Crippen molar-refractivity contribution in [3.63, 3.8) is 0 Å². The Hall–Kier alpha value is -0.980. The van der Waals surface area contributed by atoms with Crippen LogP contribution < -0.4 is 10.6 Å². The van der Waals surface area contributed by atoms with E-state index >= 15 is 0 Å². The maximum Gasteiger partial charge on any atom is 0.231 e. The van der Waals surface area contributed by atoms with Crippen LogP contribution in [0.2, 0.25) is 0 Å². The molecule has 2 aliphatic heterocycles. The summed E-state index contributed by atoms with van der Waals surface area (Å²) in [5, 5.41) is 6.96. The quantitative estimate of drug-likeness (QED) is 0.844. The van der Waals surface area contributed by atoms with E-state index in [1.165, 1.54) is 4.88 Å². The van der Waals surface area contributed by atoms with E-state index in [9.17, 15) is 4.79 Å². The summed E-state index contributed by atoms with van der Waals surface area (Å²) in [5.41, 5.74) is 1.13. The second-order valence-electron chi connectivity index (χ2n) is 4.88. The third kappa shape index (κ3) is 2.41. The Balaban J connectivity index is 1.65. The zero-order chi connectivity index (χ0) is 12.5. The van der Waals surface area contributed by atoms with Crippen LogP contribution in [0.5, 0.6) is 0 Å². The number of aromatic nitrogens is 1. The number of nitrogens with zero attached hydrogens (tertiary/aromatic N) is 1. The number of nitrogens with one attached hydrogen (secondary N) is 2. The summed E-state index contributed by atoms with van der Waals surface area (Å²) in [6.07, 6.45) is 1.94. The third-order valence-electron chi connectivity index (χ3n) is 3.40. The first-order valence-corrected chi connectivity index (χ1v) is 7.16. The Kier molecular flexibility index (Phi) is 3.32. The van der Waals surface area contributed by atoms with Crippen LogP contribution in [0.3, 0.4) is 0 Å². The van der Waals surface area contributed by atoms with Crippen LogP contribution in [0.4, 0.5) is 5.13 Å². The second kappa shape index (κ2) is 4.95. The van der Waals surface area contributed by atoms with E-state index in [1.54, 1.807) is 11.3 Å². The molecular formula is C12H17N3O2S. The number of anilines is 1. The first-order valence-electron chi connectivity index (χ1n) is 6.34. The van der Waals surface area contributed by atoms with E-state index in [0.717, 1.165) is 36.8 Å². The van der Waals surface area contributed by atoms with Gasteiger partial charge in [0.2, 0.25) is 5.91 Å². The lowest BCUT2D eigenvalue weighted by atomic mass is 10.1. The average molecular weight is 267 g/mol. The van der Waals surface area contributed by atoms with E-state index < -0.39 is 0 Å². The van der Waals surface area contributed by atoms with Gasteiger partial charge in [-0.2, -0.15) is 0 Å². The molecule has 2 aliphatic rings. The molecule has 98 valence electrons. The summed E-state index contributed by atoms with van der Waals surface area (Å²) in [7, 11) is 0. The molecule has 1 aromatic rings. The number of amides is 1. The van der Waals surface area contributed by atoms with Gasteiger partial charge in [0.15, 0.2) is 5.13 Å². The lowest BCUT2D eigenvalue weighted by molar-refractivity contribution is -0.119. The molecular weight excluding hydrogens is 250 g/mol. The van der Waals surface area contributed by atoms with Crippen molar-refractivity contribution in [3.05, 3.63) is 10.6 Å². The molecule has 3 rings (SSSR count). The van der Waals surface area contributed by atoms with E-state index in [2.05, 4.69) is 15.6 Å². The van der Waals surface area contributed by atoms with Gasteiger partial charge < -0.3 is 15.4 Å². The Labute approximate surface area is 110 Å². The molecule has 0 aliphatic carbocycles. The zero-order valence-corrected chi connectivity index (χ0v) is 11.2. The van der Waals surface area contributed by atoms with Gasteiger partial charge in [-0.1, -0.05) is 0 Å². The molecule has 0 radical (unpaired) electrons. The van der Waals surface area contributed by atoms with Gasteiger partial charge in [-0.15, -0.1) is 11.3 Å². The van der Waals surface area contributed by atoms with Crippen molar-refractivity contribution in [1.82, 2.24) is 10.3 Å². The molecule has 1 amide bonds. The van der Waals surface area contributed by atoms with Crippen LogP contribution >= 0.6 is 11.3 Å².